The van der Waals surface area contributed by atoms with E-state index in [1.807, 2.05) is 33.7 Å². The SMILES string of the molecule is O=C(Cn1cnc2ccccc21)N1CCC(c2nnc3n2CCCCC3)CC1. The van der Waals surface area contributed by atoms with Crippen molar-refractivity contribution in [2.75, 3.05) is 13.1 Å². The number of benzene rings is 1. The second-order valence-corrected chi connectivity index (χ2v) is 7.95. The molecule has 5 rings (SSSR count). The van der Waals surface area contributed by atoms with Crippen LogP contribution in [0.4, 0.5) is 0 Å². The third-order valence-electron chi connectivity index (χ3n) is 6.18. The van der Waals surface area contributed by atoms with Crippen molar-refractivity contribution in [3.05, 3.63) is 42.2 Å². The fourth-order valence-corrected chi connectivity index (χ4v) is 4.58. The molecule has 1 aromatic carbocycles. The summed E-state index contributed by atoms with van der Waals surface area (Å²) in [5.41, 5.74) is 1.94. The molecule has 1 fully saturated rings. The van der Waals surface area contributed by atoms with E-state index in [0.29, 0.717) is 12.5 Å². The summed E-state index contributed by atoms with van der Waals surface area (Å²) in [5, 5.41) is 8.97. The molecule has 1 amide bonds. The minimum atomic E-state index is 0.168. The molecule has 0 bridgehead atoms. The van der Waals surface area contributed by atoms with Crippen LogP contribution in [0.2, 0.25) is 0 Å². The highest BCUT2D eigenvalue weighted by Gasteiger charge is 2.28. The minimum absolute atomic E-state index is 0.168. The third-order valence-corrected chi connectivity index (χ3v) is 6.18. The number of likely N-dealkylation sites (tertiary alicyclic amines) is 1. The summed E-state index contributed by atoms with van der Waals surface area (Å²) >= 11 is 0. The van der Waals surface area contributed by atoms with Crippen LogP contribution in [0, 0.1) is 0 Å². The lowest BCUT2D eigenvalue weighted by Gasteiger charge is -2.32. The van der Waals surface area contributed by atoms with E-state index in [1.165, 1.54) is 19.3 Å². The molecule has 1 saturated heterocycles. The van der Waals surface area contributed by atoms with Gasteiger partial charge in [0.2, 0.25) is 5.91 Å². The zero-order chi connectivity index (χ0) is 18.9. The molecule has 4 heterocycles. The predicted molar refractivity (Wildman–Crippen MR) is 106 cm³/mol. The Labute approximate surface area is 164 Å². The molecule has 0 unspecified atom stereocenters. The molecular formula is C21H26N6O. The number of hydrogen-bond donors (Lipinski definition) is 0. The number of fused-ring (bicyclic) bond motifs is 2. The minimum Gasteiger partial charge on any atom is -0.341 e. The maximum absolute atomic E-state index is 12.8. The Morgan fingerprint density at radius 3 is 2.79 bits per heavy atom. The van der Waals surface area contributed by atoms with Gasteiger partial charge in [0.15, 0.2) is 0 Å². The van der Waals surface area contributed by atoms with Crippen molar-refractivity contribution in [2.24, 2.45) is 0 Å². The van der Waals surface area contributed by atoms with Crippen LogP contribution in [0.25, 0.3) is 11.0 Å². The average Bonchev–Trinajstić information content (AvgIpc) is 3.25. The van der Waals surface area contributed by atoms with E-state index in [9.17, 15) is 4.79 Å². The second kappa shape index (κ2) is 7.37. The van der Waals surface area contributed by atoms with Gasteiger partial charge in [-0.3, -0.25) is 4.79 Å². The van der Waals surface area contributed by atoms with Crippen LogP contribution < -0.4 is 0 Å². The lowest BCUT2D eigenvalue weighted by molar-refractivity contribution is -0.132. The summed E-state index contributed by atoms with van der Waals surface area (Å²) in [6.07, 6.45) is 8.45. The van der Waals surface area contributed by atoms with Gasteiger partial charge in [0.05, 0.1) is 17.4 Å². The molecule has 7 nitrogen and oxygen atoms in total. The molecule has 146 valence electrons. The maximum Gasteiger partial charge on any atom is 0.242 e. The van der Waals surface area contributed by atoms with Gasteiger partial charge in [0, 0.05) is 32.0 Å². The largest absolute Gasteiger partial charge is 0.341 e. The molecule has 2 aliphatic heterocycles. The van der Waals surface area contributed by atoms with E-state index in [2.05, 4.69) is 19.7 Å². The van der Waals surface area contributed by atoms with Gasteiger partial charge in [-0.15, -0.1) is 10.2 Å². The summed E-state index contributed by atoms with van der Waals surface area (Å²) < 4.78 is 4.30. The molecule has 0 atom stereocenters. The van der Waals surface area contributed by atoms with Crippen molar-refractivity contribution >= 4 is 16.9 Å². The van der Waals surface area contributed by atoms with E-state index in [-0.39, 0.29) is 5.91 Å². The molecule has 0 N–H and O–H groups in total. The van der Waals surface area contributed by atoms with Crippen LogP contribution >= 0.6 is 0 Å². The average molecular weight is 378 g/mol. The number of para-hydroxylation sites is 2. The molecule has 0 saturated carbocycles. The molecule has 0 spiro atoms. The van der Waals surface area contributed by atoms with Crippen LogP contribution in [-0.4, -0.2) is 48.2 Å². The number of rotatable bonds is 3. The maximum atomic E-state index is 12.8. The molecule has 3 aromatic rings. The van der Waals surface area contributed by atoms with Crippen molar-refractivity contribution in [2.45, 2.75) is 57.5 Å². The first-order valence-corrected chi connectivity index (χ1v) is 10.4. The first-order chi connectivity index (χ1) is 13.8. The van der Waals surface area contributed by atoms with E-state index in [0.717, 1.165) is 61.6 Å². The van der Waals surface area contributed by atoms with Crippen molar-refractivity contribution in [3.63, 3.8) is 0 Å². The van der Waals surface area contributed by atoms with Crippen LogP contribution in [0.5, 0.6) is 0 Å². The van der Waals surface area contributed by atoms with Crippen molar-refractivity contribution in [1.82, 2.24) is 29.2 Å². The molecular weight excluding hydrogens is 352 g/mol. The first-order valence-electron chi connectivity index (χ1n) is 10.4. The number of carbonyl (C=O) groups is 1. The van der Waals surface area contributed by atoms with Gasteiger partial charge >= 0.3 is 0 Å². The van der Waals surface area contributed by atoms with Crippen molar-refractivity contribution < 1.29 is 4.79 Å². The Bertz CT molecular complexity index is 982. The van der Waals surface area contributed by atoms with Gasteiger partial charge in [0.25, 0.3) is 0 Å². The molecule has 0 radical (unpaired) electrons. The smallest absolute Gasteiger partial charge is 0.242 e. The van der Waals surface area contributed by atoms with Crippen molar-refractivity contribution in [3.8, 4) is 0 Å². The summed E-state index contributed by atoms with van der Waals surface area (Å²) in [6.45, 7) is 2.98. The summed E-state index contributed by atoms with van der Waals surface area (Å²) in [4.78, 5) is 19.2. The number of carbonyl (C=O) groups excluding carboxylic acids is 1. The van der Waals surface area contributed by atoms with E-state index in [4.69, 9.17) is 0 Å². The standard InChI is InChI=1S/C21H26N6O/c28-20(14-26-15-22-17-6-3-4-7-18(17)26)25-12-9-16(10-13-25)21-24-23-19-8-2-1-5-11-27(19)21/h3-4,6-7,15-16H,1-2,5,8-14H2. The second-order valence-electron chi connectivity index (χ2n) is 7.95. The van der Waals surface area contributed by atoms with Gasteiger partial charge in [-0.1, -0.05) is 18.6 Å². The number of amides is 1. The zero-order valence-corrected chi connectivity index (χ0v) is 16.1. The van der Waals surface area contributed by atoms with Crippen LogP contribution in [0.1, 0.15) is 49.7 Å². The molecule has 7 heteroatoms. The summed E-state index contributed by atoms with van der Waals surface area (Å²) in [5.74, 6) is 2.88. The van der Waals surface area contributed by atoms with Gasteiger partial charge in [-0.2, -0.15) is 0 Å². The van der Waals surface area contributed by atoms with Gasteiger partial charge in [-0.05, 0) is 37.8 Å². The monoisotopic (exact) mass is 378 g/mol. The lowest BCUT2D eigenvalue weighted by atomic mass is 9.95. The van der Waals surface area contributed by atoms with Gasteiger partial charge in [-0.25, -0.2) is 4.98 Å². The Hall–Kier alpha value is -2.70. The number of hydrogen-bond acceptors (Lipinski definition) is 4. The zero-order valence-electron chi connectivity index (χ0n) is 16.1. The lowest BCUT2D eigenvalue weighted by Crippen LogP contribution is -2.40. The van der Waals surface area contributed by atoms with Crippen LogP contribution in [-0.2, 0) is 24.3 Å². The van der Waals surface area contributed by atoms with E-state index >= 15 is 0 Å². The number of piperidine rings is 1. The highest BCUT2D eigenvalue weighted by Crippen LogP contribution is 2.29. The predicted octanol–water partition coefficient (Wildman–Crippen LogP) is 2.76. The molecule has 2 aliphatic rings. The van der Waals surface area contributed by atoms with Crippen LogP contribution in [0.15, 0.2) is 30.6 Å². The highest BCUT2D eigenvalue weighted by atomic mass is 16.2. The molecule has 2 aromatic heterocycles. The Balaban J connectivity index is 1.24. The van der Waals surface area contributed by atoms with E-state index < -0.39 is 0 Å². The van der Waals surface area contributed by atoms with Crippen LogP contribution in [0.3, 0.4) is 0 Å². The van der Waals surface area contributed by atoms with Gasteiger partial charge < -0.3 is 14.0 Å². The molecule has 0 aliphatic carbocycles. The Morgan fingerprint density at radius 1 is 1.04 bits per heavy atom. The summed E-state index contributed by atoms with van der Waals surface area (Å²) in [6, 6.07) is 7.94. The Morgan fingerprint density at radius 2 is 1.89 bits per heavy atom. The fraction of sp³-hybridized carbons (Fsp3) is 0.524. The van der Waals surface area contributed by atoms with Gasteiger partial charge in [0.1, 0.15) is 18.2 Å². The topological polar surface area (TPSA) is 68.8 Å². The highest BCUT2D eigenvalue weighted by molar-refractivity contribution is 5.80. The van der Waals surface area contributed by atoms with E-state index in [1.54, 1.807) is 6.33 Å². The normalized spacial score (nSPS) is 18.2. The van der Waals surface area contributed by atoms with Crippen molar-refractivity contribution in [1.29, 1.82) is 0 Å². The fourth-order valence-electron chi connectivity index (χ4n) is 4.58. The number of aryl methyl sites for hydroxylation is 1. The summed E-state index contributed by atoms with van der Waals surface area (Å²) in [7, 11) is 0. The quantitative estimate of drug-likeness (QED) is 0.703. The number of nitrogens with zero attached hydrogens (tertiary/aromatic N) is 6. The third kappa shape index (κ3) is 3.19. The Kier molecular flexibility index (Phi) is 4.58. The number of aromatic nitrogens is 5. The first kappa shape index (κ1) is 17.4. The number of imidazole rings is 1. The molecule has 28 heavy (non-hydrogen) atoms.